The molecule has 0 spiro atoms. The van der Waals surface area contributed by atoms with Gasteiger partial charge in [-0.1, -0.05) is 19.1 Å². The first-order chi connectivity index (χ1) is 14.3. The zero-order valence-electron chi connectivity index (χ0n) is 16.4. The van der Waals surface area contributed by atoms with Crippen molar-refractivity contribution in [1.82, 2.24) is 19.7 Å². The number of para-hydroxylation sites is 1. The number of amides is 1. The first-order valence-corrected chi connectivity index (χ1v) is 9.81. The number of hydrogen-bond donors (Lipinski definition) is 0. The number of hydrogen-bond acceptors (Lipinski definition) is 3. The highest BCUT2D eigenvalue weighted by Crippen LogP contribution is 2.35. The van der Waals surface area contributed by atoms with Gasteiger partial charge in [0.1, 0.15) is 5.69 Å². The third kappa shape index (κ3) is 3.94. The van der Waals surface area contributed by atoms with E-state index >= 15 is 0 Å². The Morgan fingerprint density at radius 3 is 2.67 bits per heavy atom. The minimum absolute atomic E-state index is 0.111. The molecule has 1 unspecified atom stereocenters. The normalized spacial score (nSPS) is 17.2. The van der Waals surface area contributed by atoms with Crippen molar-refractivity contribution in [1.29, 1.82) is 0 Å². The van der Waals surface area contributed by atoms with E-state index in [1.165, 1.54) is 18.2 Å². The van der Waals surface area contributed by atoms with Gasteiger partial charge in [0.15, 0.2) is 0 Å². The number of benzene rings is 1. The van der Waals surface area contributed by atoms with E-state index in [1.54, 1.807) is 35.5 Å². The van der Waals surface area contributed by atoms with E-state index in [9.17, 15) is 18.0 Å². The summed E-state index contributed by atoms with van der Waals surface area (Å²) in [6, 6.07) is 10.2. The number of nitrogens with zero attached hydrogens (tertiary/aromatic N) is 4. The van der Waals surface area contributed by atoms with Gasteiger partial charge in [-0.15, -0.1) is 0 Å². The van der Waals surface area contributed by atoms with Crippen LogP contribution in [0.2, 0.25) is 0 Å². The fourth-order valence-corrected chi connectivity index (χ4v) is 3.81. The Balaban J connectivity index is 1.85. The van der Waals surface area contributed by atoms with Gasteiger partial charge >= 0.3 is 6.18 Å². The van der Waals surface area contributed by atoms with Crippen LogP contribution in [-0.4, -0.2) is 38.7 Å². The molecule has 1 aliphatic heterocycles. The van der Waals surface area contributed by atoms with Crippen LogP contribution in [0.3, 0.4) is 0 Å². The van der Waals surface area contributed by atoms with Crippen LogP contribution in [0.15, 0.2) is 54.9 Å². The molecular formula is C22H21F3N4O. The molecule has 4 rings (SSSR count). The van der Waals surface area contributed by atoms with Gasteiger partial charge in [0.25, 0.3) is 5.91 Å². The Morgan fingerprint density at radius 2 is 1.97 bits per heavy atom. The maximum Gasteiger partial charge on any atom is 0.418 e. The van der Waals surface area contributed by atoms with Gasteiger partial charge in [0, 0.05) is 31.0 Å². The zero-order chi connectivity index (χ0) is 21.3. The molecule has 8 heteroatoms. The molecule has 0 radical (unpaired) electrons. The van der Waals surface area contributed by atoms with Gasteiger partial charge in [0.2, 0.25) is 0 Å². The molecule has 0 saturated carbocycles. The van der Waals surface area contributed by atoms with E-state index in [0.717, 1.165) is 23.6 Å². The Bertz CT molecular complexity index is 1050. The maximum absolute atomic E-state index is 13.7. The lowest BCUT2D eigenvalue weighted by molar-refractivity contribution is -0.137. The second-order valence-corrected chi connectivity index (χ2v) is 7.58. The van der Waals surface area contributed by atoms with Crippen molar-refractivity contribution in [3.8, 4) is 16.9 Å². The van der Waals surface area contributed by atoms with Gasteiger partial charge in [-0.3, -0.25) is 9.78 Å². The van der Waals surface area contributed by atoms with E-state index in [0.29, 0.717) is 30.3 Å². The number of carbonyl (C=O) groups is 1. The number of piperidine rings is 1. The highest BCUT2D eigenvalue weighted by atomic mass is 19.4. The predicted molar refractivity (Wildman–Crippen MR) is 106 cm³/mol. The number of alkyl halides is 3. The first kappa shape index (κ1) is 20.1. The molecule has 1 aliphatic rings. The fourth-order valence-electron chi connectivity index (χ4n) is 3.81. The molecule has 0 N–H and O–H groups in total. The summed E-state index contributed by atoms with van der Waals surface area (Å²) in [7, 11) is 0. The second-order valence-electron chi connectivity index (χ2n) is 7.58. The molecule has 2 aromatic heterocycles. The molecule has 1 saturated heterocycles. The number of halogens is 3. The van der Waals surface area contributed by atoms with E-state index in [1.807, 2.05) is 0 Å². The quantitative estimate of drug-likeness (QED) is 0.617. The van der Waals surface area contributed by atoms with Gasteiger partial charge in [0.05, 0.1) is 16.9 Å². The Morgan fingerprint density at radius 1 is 1.17 bits per heavy atom. The first-order valence-electron chi connectivity index (χ1n) is 9.81. The summed E-state index contributed by atoms with van der Waals surface area (Å²) in [5.74, 6) is 0.0282. The standard InChI is InChI=1S/C22H21F3N4O/c1-15-6-5-11-28(14-15)21(30)20-12-18(16-7-4-10-26-13-16)27-29(20)19-9-3-2-8-17(19)22(23,24)25/h2-4,7-10,12-13,15H,5-6,11,14H2,1H3. The van der Waals surface area contributed by atoms with Crippen molar-refractivity contribution in [3.63, 3.8) is 0 Å². The molecule has 5 nitrogen and oxygen atoms in total. The van der Waals surface area contributed by atoms with Crippen LogP contribution in [0.1, 0.15) is 35.8 Å². The minimum atomic E-state index is -4.57. The summed E-state index contributed by atoms with van der Waals surface area (Å²) in [5.41, 5.74) is 0.121. The highest BCUT2D eigenvalue weighted by molar-refractivity contribution is 5.94. The van der Waals surface area contributed by atoms with Crippen LogP contribution in [0.4, 0.5) is 13.2 Å². The molecule has 156 valence electrons. The number of aromatic nitrogens is 3. The van der Waals surface area contributed by atoms with Crippen molar-refractivity contribution in [2.24, 2.45) is 5.92 Å². The average molecular weight is 414 g/mol. The molecule has 0 aliphatic carbocycles. The zero-order valence-corrected chi connectivity index (χ0v) is 16.4. The van der Waals surface area contributed by atoms with E-state index in [-0.39, 0.29) is 17.3 Å². The van der Waals surface area contributed by atoms with Crippen LogP contribution in [0, 0.1) is 5.92 Å². The summed E-state index contributed by atoms with van der Waals surface area (Å²) in [6.45, 7) is 3.22. The van der Waals surface area contributed by atoms with Gasteiger partial charge < -0.3 is 4.90 Å². The molecule has 1 atom stereocenters. The molecule has 1 fully saturated rings. The fraction of sp³-hybridized carbons (Fsp3) is 0.318. The Hall–Kier alpha value is -3.16. The number of likely N-dealkylation sites (tertiary alicyclic amines) is 1. The largest absolute Gasteiger partial charge is 0.418 e. The monoisotopic (exact) mass is 414 g/mol. The third-order valence-corrected chi connectivity index (χ3v) is 5.27. The van der Waals surface area contributed by atoms with E-state index in [4.69, 9.17) is 0 Å². The summed E-state index contributed by atoms with van der Waals surface area (Å²) < 4.78 is 42.1. The van der Waals surface area contributed by atoms with Crippen molar-refractivity contribution in [3.05, 3.63) is 66.1 Å². The van der Waals surface area contributed by atoms with E-state index < -0.39 is 11.7 Å². The van der Waals surface area contributed by atoms with Crippen LogP contribution in [0.25, 0.3) is 16.9 Å². The lowest BCUT2D eigenvalue weighted by Gasteiger charge is -2.31. The molecule has 3 aromatic rings. The third-order valence-electron chi connectivity index (χ3n) is 5.27. The minimum Gasteiger partial charge on any atom is -0.337 e. The molecule has 1 amide bonds. The summed E-state index contributed by atoms with van der Waals surface area (Å²) in [5, 5.41) is 4.39. The van der Waals surface area contributed by atoms with E-state index in [2.05, 4.69) is 17.0 Å². The van der Waals surface area contributed by atoms with Crippen LogP contribution < -0.4 is 0 Å². The predicted octanol–water partition coefficient (Wildman–Crippen LogP) is 4.83. The molecular weight excluding hydrogens is 393 g/mol. The SMILES string of the molecule is CC1CCCN(C(=O)c2cc(-c3cccnc3)nn2-c2ccccc2C(F)(F)F)C1. The average Bonchev–Trinajstić information content (AvgIpc) is 3.18. The Kier molecular flexibility index (Phi) is 5.32. The maximum atomic E-state index is 13.7. The number of pyridine rings is 1. The Labute approximate surface area is 172 Å². The van der Waals surface area contributed by atoms with Crippen LogP contribution in [0.5, 0.6) is 0 Å². The summed E-state index contributed by atoms with van der Waals surface area (Å²) in [6.07, 6.45) is 0.494. The molecule has 0 bridgehead atoms. The summed E-state index contributed by atoms with van der Waals surface area (Å²) >= 11 is 0. The van der Waals surface area contributed by atoms with Crippen LogP contribution >= 0.6 is 0 Å². The van der Waals surface area contributed by atoms with Crippen LogP contribution in [-0.2, 0) is 6.18 Å². The lowest BCUT2D eigenvalue weighted by Crippen LogP contribution is -2.40. The molecule has 3 heterocycles. The second kappa shape index (κ2) is 7.93. The number of carbonyl (C=O) groups excluding carboxylic acids is 1. The van der Waals surface area contributed by atoms with Crippen molar-refractivity contribution in [2.45, 2.75) is 25.9 Å². The van der Waals surface area contributed by atoms with Crippen molar-refractivity contribution in [2.75, 3.05) is 13.1 Å². The molecule has 1 aromatic carbocycles. The topological polar surface area (TPSA) is 51.0 Å². The summed E-state index contributed by atoms with van der Waals surface area (Å²) in [4.78, 5) is 19.1. The van der Waals surface area contributed by atoms with Crippen molar-refractivity contribution >= 4 is 5.91 Å². The van der Waals surface area contributed by atoms with Gasteiger partial charge in [-0.25, -0.2) is 4.68 Å². The smallest absolute Gasteiger partial charge is 0.337 e. The number of rotatable bonds is 3. The highest BCUT2D eigenvalue weighted by Gasteiger charge is 2.35. The van der Waals surface area contributed by atoms with Crippen molar-refractivity contribution < 1.29 is 18.0 Å². The van der Waals surface area contributed by atoms with Gasteiger partial charge in [-0.05, 0) is 49.1 Å². The molecule has 30 heavy (non-hydrogen) atoms. The lowest BCUT2D eigenvalue weighted by atomic mass is 10.00. The van der Waals surface area contributed by atoms with Gasteiger partial charge in [-0.2, -0.15) is 18.3 Å².